The highest BCUT2D eigenvalue weighted by atomic mass is 35.5. The van der Waals surface area contributed by atoms with Crippen molar-refractivity contribution in [2.75, 3.05) is 19.6 Å². The van der Waals surface area contributed by atoms with Crippen molar-refractivity contribution in [3.05, 3.63) is 29.3 Å². The van der Waals surface area contributed by atoms with E-state index in [0.29, 0.717) is 5.75 Å². The molecule has 1 aromatic rings. The second-order valence-electron chi connectivity index (χ2n) is 3.51. The van der Waals surface area contributed by atoms with Crippen LogP contribution in [0.25, 0.3) is 0 Å². The summed E-state index contributed by atoms with van der Waals surface area (Å²) >= 11 is 5.46. The predicted molar refractivity (Wildman–Crippen MR) is 67.8 cm³/mol. The van der Waals surface area contributed by atoms with Crippen molar-refractivity contribution in [2.45, 2.75) is 13.8 Å². The third-order valence-corrected chi connectivity index (χ3v) is 3.61. The molecule has 0 aromatic heterocycles. The molecule has 0 spiro atoms. The lowest BCUT2D eigenvalue weighted by Crippen LogP contribution is -2.03. The van der Waals surface area contributed by atoms with Gasteiger partial charge in [0.05, 0.1) is 6.61 Å². The van der Waals surface area contributed by atoms with Crippen LogP contribution < -0.4 is 4.52 Å². The van der Waals surface area contributed by atoms with Gasteiger partial charge in [0.1, 0.15) is 5.75 Å². The molecule has 0 aliphatic rings. The number of hydrogen-bond donors (Lipinski definition) is 0. The maximum absolute atomic E-state index is 12.0. The van der Waals surface area contributed by atoms with Gasteiger partial charge in [0.15, 0.2) is 0 Å². The first-order valence-electron chi connectivity index (χ1n) is 5.14. The van der Waals surface area contributed by atoms with E-state index in [-0.39, 0.29) is 12.5 Å². The maximum Gasteiger partial charge on any atom is 0.529 e. The quantitative estimate of drug-likeness (QED) is 0.588. The molecule has 1 aromatic carbocycles. The molecular formula is C11H16ClO4P. The molecule has 4 nitrogen and oxygen atoms in total. The Labute approximate surface area is 106 Å². The number of rotatable bonds is 6. The normalized spacial score (nSPS) is 14.4. The molecule has 17 heavy (non-hydrogen) atoms. The van der Waals surface area contributed by atoms with Crippen molar-refractivity contribution in [1.82, 2.24) is 0 Å². The zero-order chi connectivity index (χ0) is 12.9. The number of phosphoric acid groups is 1. The van der Waals surface area contributed by atoms with E-state index >= 15 is 0 Å². The summed E-state index contributed by atoms with van der Waals surface area (Å²) in [4.78, 5) is 0. The Morgan fingerprint density at radius 1 is 1.35 bits per heavy atom. The highest BCUT2D eigenvalue weighted by Gasteiger charge is 2.27. The van der Waals surface area contributed by atoms with Crippen molar-refractivity contribution in [3.8, 4) is 5.75 Å². The lowest BCUT2D eigenvalue weighted by atomic mass is 10.1. The van der Waals surface area contributed by atoms with E-state index in [1.807, 2.05) is 26.0 Å². The van der Waals surface area contributed by atoms with Crippen LogP contribution in [-0.2, 0) is 13.6 Å². The van der Waals surface area contributed by atoms with E-state index < -0.39 is 7.82 Å². The summed E-state index contributed by atoms with van der Waals surface area (Å²) in [5, 5.41) is 0. The number of phosphoric ester groups is 1. The van der Waals surface area contributed by atoms with Gasteiger partial charge in [-0.3, -0.25) is 9.05 Å². The number of hydrogen-bond acceptors (Lipinski definition) is 4. The van der Waals surface area contributed by atoms with Gasteiger partial charge in [-0.25, -0.2) is 4.57 Å². The fourth-order valence-electron chi connectivity index (χ4n) is 1.28. The SMILES string of the molecule is COP(=O)(OCCCl)Oc1ccc(C)cc1C. The summed E-state index contributed by atoms with van der Waals surface area (Å²) in [6.45, 7) is 3.94. The first-order chi connectivity index (χ1) is 8.00. The minimum absolute atomic E-state index is 0.109. The first-order valence-corrected chi connectivity index (χ1v) is 7.13. The maximum atomic E-state index is 12.0. The van der Waals surface area contributed by atoms with E-state index in [2.05, 4.69) is 0 Å². The molecule has 0 aliphatic carbocycles. The molecule has 0 fully saturated rings. The van der Waals surface area contributed by atoms with Gasteiger partial charge in [-0.05, 0) is 25.5 Å². The van der Waals surface area contributed by atoms with E-state index in [9.17, 15) is 4.57 Å². The molecule has 1 unspecified atom stereocenters. The Hall–Kier alpha value is -0.540. The van der Waals surface area contributed by atoms with Gasteiger partial charge < -0.3 is 4.52 Å². The molecule has 0 radical (unpaired) electrons. The van der Waals surface area contributed by atoms with Crippen molar-refractivity contribution < 1.29 is 18.1 Å². The molecule has 1 atom stereocenters. The zero-order valence-electron chi connectivity index (χ0n) is 10.1. The van der Waals surface area contributed by atoms with Gasteiger partial charge in [-0.1, -0.05) is 17.7 Å². The molecule has 1 rings (SSSR count). The molecule has 0 bridgehead atoms. The Morgan fingerprint density at radius 2 is 2.06 bits per heavy atom. The fourth-order valence-corrected chi connectivity index (χ4v) is 2.46. The molecule has 0 heterocycles. The largest absolute Gasteiger partial charge is 0.529 e. The van der Waals surface area contributed by atoms with Crippen LogP contribution in [0.4, 0.5) is 0 Å². The molecular weight excluding hydrogens is 263 g/mol. The van der Waals surface area contributed by atoms with Crippen molar-refractivity contribution >= 4 is 19.4 Å². The Balaban J connectivity index is 2.83. The number of alkyl halides is 1. The van der Waals surface area contributed by atoms with E-state index in [1.54, 1.807) is 6.07 Å². The second-order valence-corrected chi connectivity index (χ2v) is 5.59. The minimum atomic E-state index is -3.57. The molecule has 0 saturated carbocycles. The third-order valence-electron chi connectivity index (χ3n) is 2.09. The number of benzene rings is 1. The highest BCUT2D eigenvalue weighted by molar-refractivity contribution is 7.48. The lowest BCUT2D eigenvalue weighted by molar-refractivity contribution is 0.188. The Morgan fingerprint density at radius 3 is 2.59 bits per heavy atom. The van der Waals surface area contributed by atoms with Crippen molar-refractivity contribution in [3.63, 3.8) is 0 Å². The summed E-state index contributed by atoms with van der Waals surface area (Å²) in [7, 11) is -2.29. The molecule has 0 aliphatic heterocycles. The summed E-state index contributed by atoms with van der Waals surface area (Å²) in [6.07, 6.45) is 0. The highest BCUT2D eigenvalue weighted by Crippen LogP contribution is 2.49. The fraction of sp³-hybridized carbons (Fsp3) is 0.455. The molecule has 96 valence electrons. The molecule has 0 N–H and O–H groups in total. The predicted octanol–water partition coefficient (Wildman–Crippen LogP) is 3.69. The van der Waals surface area contributed by atoms with Crippen LogP contribution in [0.1, 0.15) is 11.1 Å². The van der Waals surface area contributed by atoms with Crippen molar-refractivity contribution in [2.24, 2.45) is 0 Å². The third kappa shape index (κ3) is 4.32. The number of aryl methyl sites for hydroxylation is 2. The zero-order valence-corrected chi connectivity index (χ0v) is 11.8. The van der Waals surface area contributed by atoms with Gasteiger partial charge in [-0.15, -0.1) is 11.6 Å². The Kier molecular flexibility index (Phi) is 5.47. The Bertz CT molecular complexity index is 422. The first kappa shape index (κ1) is 14.5. The van der Waals surface area contributed by atoms with Crippen LogP contribution in [0.15, 0.2) is 18.2 Å². The van der Waals surface area contributed by atoms with Crippen LogP contribution in [0.2, 0.25) is 0 Å². The average Bonchev–Trinajstić information content (AvgIpc) is 2.30. The molecule has 6 heteroatoms. The van der Waals surface area contributed by atoms with Crippen LogP contribution in [0, 0.1) is 13.8 Å². The van der Waals surface area contributed by atoms with E-state index in [0.717, 1.165) is 11.1 Å². The topological polar surface area (TPSA) is 44.8 Å². The summed E-state index contributed by atoms with van der Waals surface area (Å²) in [5.41, 5.74) is 1.97. The summed E-state index contributed by atoms with van der Waals surface area (Å²) in [6, 6.07) is 5.53. The average molecular weight is 279 g/mol. The summed E-state index contributed by atoms with van der Waals surface area (Å²) < 4.78 is 27.1. The van der Waals surface area contributed by atoms with Gasteiger partial charge in [0.2, 0.25) is 0 Å². The minimum Gasteiger partial charge on any atom is -0.404 e. The van der Waals surface area contributed by atoms with Gasteiger partial charge in [0, 0.05) is 13.0 Å². The van der Waals surface area contributed by atoms with Crippen LogP contribution >= 0.6 is 19.4 Å². The summed E-state index contributed by atoms with van der Waals surface area (Å²) in [5.74, 6) is 0.708. The van der Waals surface area contributed by atoms with Gasteiger partial charge >= 0.3 is 7.82 Å². The standard InChI is InChI=1S/C11H16ClO4P/c1-9-4-5-11(10(2)8-9)16-17(13,14-3)15-7-6-12/h4-5,8H,6-7H2,1-3H3. The second kappa shape index (κ2) is 6.41. The van der Waals surface area contributed by atoms with Gasteiger partial charge in [0.25, 0.3) is 0 Å². The smallest absolute Gasteiger partial charge is 0.404 e. The van der Waals surface area contributed by atoms with Gasteiger partial charge in [-0.2, -0.15) is 0 Å². The van der Waals surface area contributed by atoms with Crippen molar-refractivity contribution in [1.29, 1.82) is 0 Å². The van der Waals surface area contributed by atoms with E-state index in [4.69, 9.17) is 25.2 Å². The lowest BCUT2D eigenvalue weighted by Gasteiger charge is -2.17. The van der Waals surface area contributed by atoms with Crippen LogP contribution in [-0.4, -0.2) is 19.6 Å². The molecule has 0 amide bonds. The van der Waals surface area contributed by atoms with Crippen LogP contribution in [0.5, 0.6) is 5.75 Å². The number of halogens is 1. The molecule has 0 saturated heterocycles. The van der Waals surface area contributed by atoms with Crippen LogP contribution in [0.3, 0.4) is 0 Å². The monoisotopic (exact) mass is 278 g/mol. The van der Waals surface area contributed by atoms with E-state index in [1.165, 1.54) is 7.11 Å².